The molecule has 1 aromatic carbocycles. The molecule has 0 radical (unpaired) electrons. The highest BCUT2D eigenvalue weighted by molar-refractivity contribution is 7.89. The lowest BCUT2D eigenvalue weighted by molar-refractivity contribution is 0.464. The van der Waals surface area contributed by atoms with Crippen LogP contribution in [0.25, 0.3) is 0 Å². The molecule has 5 heteroatoms. The van der Waals surface area contributed by atoms with E-state index in [1.165, 1.54) is 25.0 Å². The van der Waals surface area contributed by atoms with Crippen molar-refractivity contribution >= 4 is 10.0 Å². The molecule has 0 aromatic heterocycles. The number of primary sulfonamides is 1. The van der Waals surface area contributed by atoms with Gasteiger partial charge in [0, 0.05) is 6.07 Å². The van der Waals surface area contributed by atoms with Crippen molar-refractivity contribution in [2.45, 2.75) is 24.2 Å². The minimum atomic E-state index is -3.71. The average molecular weight is 227 g/mol. The molecule has 1 aromatic rings. The third-order valence-corrected chi connectivity index (χ3v) is 3.50. The van der Waals surface area contributed by atoms with Crippen LogP contribution < -0.4 is 5.14 Å². The van der Waals surface area contributed by atoms with E-state index >= 15 is 0 Å². The van der Waals surface area contributed by atoms with Crippen molar-refractivity contribution in [1.82, 2.24) is 0 Å². The smallest absolute Gasteiger partial charge is 0.238 e. The van der Waals surface area contributed by atoms with E-state index in [4.69, 9.17) is 5.14 Å². The number of hydrogen-bond donors (Lipinski definition) is 2. The summed E-state index contributed by atoms with van der Waals surface area (Å²) in [7, 11) is -3.71. The van der Waals surface area contributed by atoms with Crippen LogP contribution in [-0.4, -0.2) is 13.5 Å². The van der Waals surface area contributed by atoms with E-state index in [-0.39, 0.29) is 10.6 Å². The van der Waals surface area contributed by atoms with Gasteiger partial charge >= 0.3 is 0 Å². The number of aromatic hydroxyl groups is 1. The first kappa shape index (κ1) is 10.4. The summed E-state index contributed by atoms with van der Waals surface area (Å²) >= 11 is 0. The lowest BCUT2D eigenvalue weighted by atomic mass is 10.1. The van der Waals surface area contributed by atoms with Crippen LogP contribution >= 0.6 is 0 Å². The van der Waals surface area contributed by atoms with Crippen LogP contribution in [-0.2, 0) is 16.4 Å². The predicted octanol–water partition coefficient (Wildman–Crippen LogP) is 0.992. The molecule has 0 atom stereocenters. The Kier molecular flexibility index (Phi) is 2.44. The maximum atomic E-state index is 11.0. The van der Waals surface area contributed by atoms with Gasteiger partial charge in [0.05, 0.1) is 4.90 Å². The van der Waals surface area contributed by atoms with Crippen LogP contribution in [0, 0.1) is 5.92 Å². The van der Waals surface area contributed by atoms with E-state index in [9.17, 15) is 13.5 Å². The molecule has 1 aliphatic carbocycles. The third-order valence-electron chi connectivity index (χ3n) is 2.59. The van der Waals surface area contributed by atoms with Crippen LogP contribution in [0.5, 0.6) is 5.75 Å². The van der Waals surface area contributed by atoms with Crippen molar-refractivity contribution in [3.05, 3.63) is 23.8 Å². The van der Waals surface area contributed by atoms with Crippen molar-refractivity contribution in [2.75, 3.05) is 0 Å². The molecular formula is C10H13NO3S. The summed E-state index contributed by atoms with van der Waals surface area (Å²) in [5.41, 5.74) is 0.796. The standard InChI is InChI=1S/C10H13NO3S/c11-15(13,14)9-4-3-8(10(12)6-9)5-7-1-2-7/h3-4,6-7,12H,1-2,5H2,(H2,11,13,14). The van der Waals surface area contributed by atoms with E-state index in [1.807, 2.05) is 0 Å². The highest BCUT2D eigenvalue weighted by Crippen LogP contribution is 2.35. The Hall–Kier alpha value is -1.07. The maximum Gasteiger partial charge on any atom is 0.238 e. The number of nitrogens with two attached hydrogens (primary N) is 1. The van der Waals surface area contributed by atoms with Crippen LogP contribution in [0.3, 0.4) is 0 Å². The first-order valence-electron chi connectivity index (χ1n) is 4.81. The minimum absolute atomic E-state index is 0.0217. The second-order valence-corrected chi connectivity index (χ2v) is 5.54. The van der Waals surface area contributed by atoms with Crippen LogP contribution in [0.2, 0.25) is 0 Å². The third kappa shape index (κ3) is 2.49. The summed E-state index contributed by atoms with van der Waals surface area (Å²) in [6, 6.07) is 4.28. The highest BCUT2D eigenvalue weighted by atomic mass is 32.2. The average Bonchev–Trinajstić information content (AvgIpc) is 2.90. The van der Waals surface area contributed by atoms with Gasteiger partial charge in [-0.15, -0.1) is 0 Å². The van der Waals surface area contributed by atoms with Gasteiger partial charge in [-0.1, -0.05) is 6.07 Å². The summed E-state index contributed by atoms with van der Waals surface area (Å²) < 4.78 is 22.0. The van der Waals surface area contributed by atoms with Gasteiger partial charge in [-0.2, -0.15) is 0 Å². The second kappa shape index (κ2) is 3.50. The van der Waals surface area contributed by atoms with Gasteiger partial charge in [-0.05, 0) is 36.8 Å². The molecule has 2 rings (SSSR count). The summed E-state index contributed by atoms with van der Waals surface area (Å²) in [4.78, 5) is -0.0421. The van der Waals surface area contributed by atoms with Crippen LogP contribution in [0.1, 0.15) is 18.4 Å². The quantitative estimate of drug-likeness (QED) is 0.808. The molecule has 0 saturated heterocycles. The van der Waals surface area contributed by atoms with Gasteiger partial charge in [0.15, 0.2) is 0 Å². The maximum absolute atomic E-state index is 11.0. The molecule has 0 aliphatic heterocycles. The van der Waals surface area contributed by atoms with Gasteiger partial charge in [0.25, 0.3) is 0 Å². The highest BCUT2D eigenvalue weighted by Gasteiger charge is 2.23. The van der Waals surface area contributed by atoms with Crippen LogP contribution in [0.4, 0.5) is 0 Å². The zero-order chi connectivity index (χ0) is 11.1. The molecule has 3 N–H and O–H groups in total. The number of benzene rings is 1. The van der Waals surface area contributed by atoms with Gasteiger partial charge in [-0.25, -0.2) is 13.6 Å². The Morgan fingerprint density at radius 2 is 2.07 bits per heavy atom. The Morgan fingerprint density at radius 1 is 1.40 bits per heavy atom. The number of rotatable bonds is 3. The van der Waals surface area contributed by atoms with Crippen LogP contribution in [0.15, 0.2) is 23.1 Å². The Morgan fingerprint density at radius 3 is 2.53 bits per heavy atom. The summed E-state index contributed by atoms with van der Waals surface area (Å²) in [6.07, 6.45) is 3.20. The topological polar surface area (TPSA) is 80.4 Å². The van der Waals surface area contributed by atoms with E-state index in [2.05, 4.69) is 0 Å². The molecule has 0 amide bonds. The first-order valence-corrected chi connectivity index (χ1v) is 6.36. The zero-order valence-corrected chi connectivity index (χ0v) is 9.00. The summed E-state index contributed by atoms with van der Waals surface area (Å²) in [5, 5.41) is 14.6. The fraction of sp³-hybridized carbons (Fsp3) is 0.400. The molecule has 4 nitrogen and oxygen atoms in total. The summed E-state index contributed by atoms with van der Waals surface area (Å²) in [6.45, 7) is 0. The van der Waals surface area contributed by atoms with Gasteiger partial charge in [-0.3, -0.25) is 0 Å². The molecular weight excluding hydrogens is 214 g/mol. The molecule has 0 bridgehead atoms. The molecule has 0 unspecified atom stereocenters. The normalized spacial score (nSPS) is 16.6. The van der Waals surface area contributed by atoms with Crippen molar-refractivity contribution < 1.29 is 13.5 Å². The van der Waals surface area contributed by atoms with Crippen molar-refractivity contribution in [2.24, 2.45) is 11.1 Å². The Balaban J connectivity index is 2.29. The van der Waals surface area contributed by atoms with E-state index in [0.717, 1.165) is 12.0 Å². The van der Waals surface area contributed by atoms with E-state index in [0.29, 0.717) is 5.92 Å². The fourth-order valence-electron chi connectivity index (χ4n) is 1.53. The van der Waals surface area contributed by atoms with E-state index in [1.54, 1.807) is 6.07 Å². The molecule has 1 saturated carbocycles. The molecule has 0 heterocycles. The number of phenols is 1. The number of hydrogen-bond acceptors (Lipinski definition) is 3. The lowest BCUT2D eigenvalue weighted by Gasteiger charge is -2.05. The van der Waals surface area contributed by atoms with Crippen molar-refractivity contribution in [1.29, 1.82) is 0 Å². The molecule has 15 heavy (non-hydrogen) atoms. The first-order chi connectivity index (χ1) is 6.97. The number of sulfonamides is 1. The monoisotopic (exact) mass is 227 g/mol. The molecule has 82 valence electrons. The molecule has 0 spiro atoms. The van der Waals surface area contributed by atoms with Crippen molar-refractivity contribution in [3.63, 3.8) is 0 Å². The molecule has 1 aliphatic rings. The van der Waals surface area contributed by atoms with Crippen molar-refractivity contribution in [3.8, 4) is 5.75 Å². The van der Waals surface area contributed by atoms with E-state index < -0.39 is 10.0 Å². The van der Waals surface area contributed by atoms with Gasteiger partial charge < -0.3 is 5.11 Å². The van der Waals surface area contributed by atoms with Gasteiger partial charge in [0.2, 0.25) is 10.0 Å². The fourth-order valence-corrected chi connectivity index (χ4v) is 2.06. The summed E-state index contributed by atoms with van der Waals surface area (Å²) in [5.74, 6) is 0.671. The minimum Gasteiger partial charge on any atom is -0.508 e. The lowest BCUT2D eigenvalue weighted by Crippen LogP contribution is -2.12. The second-order valence-electron chi connectivity index (χ2n) is 3.98. The SMILES string of the molecule is NS(=O)(=O)c1ccc(CC2CC2)c(O)c1. The molecule has 1 fully saturated rings. The Bertz CT molecular complexity index is 477. The predicted molar refractivity (Wildman–Crippen MR) is 55.9 cm³/mol. The zero-order valence-electron chi connectivity index (χ0n) is 8.18. The number of phenolic OH excluding ortho intramolecular Hbond substituents is 1. The largest absolute Gasteiger partial charge is 0.508 e. The van der Waals surface area contributed by atoms with Gasteiger partial charge in [0.1, 0.15) is 5.75 Å². The Labute approximate surface area is 88.8 Å².